The lowest BCUT2D eigenvalue weighted by Crippen LogP contribution is -2.31. The lowest BCUT2D eigenvalue weighted by Gasteiger charge is -2.22. The van der Waals surface area contributed by atoms with E-state index >= 15 is 0 Å². The molecule has 1 fully saturated rings. The van der Waals surface area contributed by atoms with Crippen molar-refractivity contribution in [2.24, 2.45) is 5.92 Å². The van der Waals surface area contributed by atoms with Crippen molar-refractivity contribution in [2.45, 2.75) is 31.9 Å². The third-order valence-corrected chi connectivity index (χ3v) is 3.39. The fourth-order valence-corrected chi connectivity index (χ4v) is 2.34. The highest BCUT2D eigenvalue weighted by Gasteiger charge is 2.12. The van der Waals surface area contributed by atoms with E-state index in [9.17, 15) is 0 Å². The number of hydrogen-bond acceptors (Lipinski definition) is 2. The van der Waals surface area contributed by atoms with E-state index in [1.807, 2.05) is 0 Å². The SMILES string of the molecule is CC(C)SC[C@H]1CCCNC1. The first-order valence-corrected chi connectivity index (χ1v) is 5.66. The Labute approximate surface area is 74.3 Å². The second-order valence-corrected chi connectivity index (χ2v) is 5.20. The van der Waals surface area contributed by atoms with Crippen LogP contribution in [0.1, 0.15) is 26.7 Å². The average molecular weight is 173 g/mol. The summed E-state index contributed by atoms with van der Waals surface area (Å²) in [7, 11) is 0. The summed E-state index contributed by atoms with van der Waals surface area (Å²) in [5.41, 5.74) is 0. The molecule has 0 aromatic heterocycles. The molecular formula is C9H19NS. The maximum atomic E-state index is 3.45. The maximum Gasteiger partial charge on any atom is -0.000957 e. The Hall–Kier alpha value is 0.310. The van der Waals surface area contributed by atoms with Gasteiger partial charge >= 0.3 is 0 Å². The van der Waals surface area contributed by atoms with Crippen molar-refractivity contribution in [2.75, 3.05) is 18.8 Å². The van der Waals surface area contributed by atoms with Crippen molar-refractivity contribution >= 4 is 11.8 Å². The molecule has 66 valence electrons. The van der Waals surface area contributed by atoms with Gasteiger partial charge in [0.2, 0.25) is 0 Å². The first kappa shape index (κ1) is 9.40. The van der Waals surface area contributed by atoms with Crippen molar-refractivity contribution in [3.63, 3.8) is 0 Å². The molecule has 1 heterocycles. The molecule has 0 aromatic rings. The van der Waals surface area contributed by atoms with Crippen LogP contribution in [0.3, 0.4) is 0 Å². The average Bonchev–Trinajstić information content (AvgIpc) is 2.03. The topological polar surface area (TPSA) is 12.0 Å². The van der Waals surface area contributed by atoms with Crippen molar-refractivity contribution in [3.05, 3.63) is 0 Å². The molecule has 1 saturated heterocycles. The first-order valence-electron chi connectivity index (χ1n) is 4.61. The van der Waals surface area contributed by atoms with Crippen LogP contribution in [0.25, 0.3) is 0 Å². The molecule has 0 amide bonds. The monoisotopic (exact) mass is 173 g/mol. The molecule has 0 spiro atoms. The third kappa shape index (κ3) is 4.02. The van der Waals surface area contributed by atoms with E-state index in [1.54, 1.807) is 0 Å². The number of rotatable bonds is 3. The molecule has 1 rings (SSSR count). The lowest BCUT2D eigenvalue weighted by atomic mass is 10.0. The molecule has 1 aliphatic rings. The minimum atomic E-state index is 0.803. The number of hydrogen-bond donors (Lipinski definition) is 1. The fourth-order valence-electron chi connectivity index (χ4n) is 1.39. The molecule has 0 radical (unpaired) electrons. The summed E-state index contributed by atoms with van der Waals surface area (Å²) >= 11 is 2.10. The van der Waals surface area contributed by atoms with Gasteiger partial charge in [-0.25, -0.2) is 0 Å². The Morgan fingerprint density at radius 2 is 2.36 bits per heavy atom. The fraction of sp³-hybridized carbons (Fsp3) is 1.00. The molecule has 0 bridgehead atoms. The van der Waals surface area contributed by atoms with Crippen LogP contribution < -0.4 is 5.32 Å². The van der Waals surface area contributed by atoms with Gasteiger partial charge in [-0.15, -0.1) is 0 Å². The molecule has 0 aliphatic carbocycles. The third-order valence-electron chi connectivity index (χ3n) is 2.06. The van der Waals surface area contributed by atoms with Gasteiger partial charge < -0.3 is 5.32 Å². The Balaban J connectivity index is 2.05. The van der Waals surface area contributed by atoms with Gasteiger partial charge in [0.15, 0.2) is 0 Å². The van der Waals surface area contributed by atoms with E-state index < -0.39 is 0 Å². The van der Waals surface area contributed by atoms with E-state index in [0.717, 1.165) is 11.2 Å². The van der Waals surface area contributed by atoms with Crippen molar-refractivity contribution < 1.29 is 0 Å². The van der Waals surface area contributed by atoms with Gasteiger partial charge in [0.25, 0.3) is 0 Å². The van der Waals surface area contributed by atoms with Gasteiger partial charge in [-0.2, -0.15) is 11.8 Å². The lowest BCUT2D eigenvalue weighted by molar-refractivity contribution is 0.410. The zero-order valence-corrected chi connectivity index (χ0v) is 8.41. The standard InChI is InChI=1S/C9H19NS/c1-8(2)11-7-9-4-3-5-10-6-9/h8-10H,3-7H2,1-2H3/t9-/m0/s1. The van der Waals surface area contributed by atoms with Crippen LogP contribution in [0, 0.1) is 5.92 Å². The van der Waals surface area contributed by atoms with Gasteiger partial charge in [-0.3, -0.25) is 0 Å². The molecule has 2 heteroatoms. The number of piperidine rings is 1. The van der Waals surface area contributed by atoms with Gasteiger partial charge in [-0.1, -0.05) is 13.8 Å². The summed E-state index contributed by atoms with van der Waals surface area (Å²) in [5, 5.41) is 4.25. The summed E-state index contributed by atoms with van der Waals surface area (Å²) in [4.78, 5) is 0. The Morgan fingerprint density at radius 3 is 2.91 bits per heavy atom. The summed E-state index contributed by atoms with van der Waals surface area (Å²) in [6.07, 6.45) is 2.82. The van der Waals surface area contributed by atoms with Crippen LogP contribution in [0.15, 0.2) is 0 Å². The quantitative estimate of drug-likeness (QED) is 0.701. The Bertz CT molecular complexity index is 97.7. The summed E-state index contributed by atoms with van der Waals surface area (Å²) < 4.78 is 0. The van der Waals surface area contributed by atoms with Crippen LogP contribution in [-0.2, 0) is 0 Å². The van der Waals surface area contributed by atoms with Crippen LogP contribution in [0.4, 0.5) is 0 Å². The maximum absolute atomic E-state index is 3.45. The molecule has 1 nitrogen and oxygen atoms in total. The second kappa shape index (κ2) is 5.04. The van der Waals surface area contributed by atoms with Crippen LogP contribution in [-0.4, -0.2) is 24.1 Å². The molecular weight excluding hydrogens is 154 g/mol. The predicted molar refractivity (Wildman–Crippen MR) is 53.2 cm³/mol. The van der Waals surface area contributed by atoms with Crippen molar-refractivity contribution in [1.82, 2.24) is 5.32 Å². The zero-order valence-electron chi connectivity index (χ0n) is 7.60. The molecule has 1 atom stereocenters. The van der Waals surface area contributed by atoms with Crippen LogP contribution in [0.5, 0.6) is 0 Å². The highest BCUT2D eigenvalue weighted by molar-refractivity contribution is 7.99. The molecule has 0 saturated carbocycles. The Morgan fingerprint density at radius 1 is 1.55 bits per heavy atom. The number of thioether (sulfide) groups is 1. The van der Waals surface area contributed by atoms with Crippen LogP contribution >= 0.6 is 11.8 Å². The van der Waals surface area contributed by atoms with E-state index in [2.05, 4.69) is 30.9 Å². The largest absolute Gasteiger partial charge is 0.316 e. The molecule has 11 heavy (non-hydrogen) atoms. The minimum Gasteiger partial charge on any atom is -0.316 e. The highest BCUT2D eigenvalue weighted by Crippen LogP contribution is 2.19. The molecule has 1 N–H and O–H groups in total. The van der Waals surface area contributed by atoms with E-state index in [0.29, 0.717) is 0 Å². The van der Waals surface area contributed by atoms with Crippen LogP contribution in [0.2, 0.25) is 0 Å². The van der Waals surface area contributed by atoms with Crippen molar-refractivity contribution in [3.8, 4) is 0 Å². The van der Waals surface area contributed by atoms with E-state index in [-0.39, 0.29) is 0 Å². The van der Waals surface area contributed by atoms with E-state index in [4.69, 9.17) is 0 Å². The van der Waals surface area contributed by atoms with Gasteiger partial charge in [-0.05, 0) is 42.9 Å². The molecule has 0 unspecified atom stereocenters. The predicted octanol–water partition coefficient (Wildman–Crippen LogP) is 2.13. The van der Waals surface area contributed by atoms with Gasteiger partial charge in [0, 0.05) is 0 Å². The Kier molecular flexibility index (Phi) is 4.31. The van der Waals surface area contributed by atoms with E-state index in [1.165, 1.54) is 31.7 Å². The van der Waals surface area contributed by atoms with Gasteiger partial charge in [0.05, 0.1) is 0 Å². The van der Waals surface area contributed by atoms with Gasteiger partial charge in [0.1, 0.15) is 0 Å². The first-order chi connectivity index (χ1) is 5.29. The second-order valence-electron chi connectivity index (χ2n) is 3.59. The summed E-state index contributed by atoms with van der Waals surface area (Å²) in [5.74, 6) is 2.29. The molecule has 1 aliphatic heterocycles. The summed E-state index contributed by atoms with van der Waals surface area (Å²) in [6.45, 7) is 7.05. The zero-order chi connectivity index (χ0) is 8.10. The molecule has 0 aromatic carbocycles. The normalized spacial score (nSPS) is 25.9. The highest BCUT2D eigenvalue weighted by atomic mass is 32.2. The smallest absolute Gasteiger partial charge is 0.000957 e. The number of nitrogens with one attached hydrogen (secondary N) is 1. The van der Waals surface area contributed by atoms with Crippen molar-refractivity contribution in [1.29, 1.82) is 0 Å². The minimum absolute atomic E-state index is 0.803. The summed E-state index contributed by atoms with van der Waals surface area (Å²) in [6, 6.07) is 0.